The van der Waals surface area contributed by atoms with Crippen molar-refractivity contribution in [3.05, 3.63) is 36.0 Å². The minimum atomic E-state index is -0.601. The van der Waals surface area contributed by atoms with E-state index in [4.69, 9.17) is 10.5 Å². The van der Waals surface area contributed by atoms with Crippen LogP contribution in [0.25, 0.3) is 11.2 Å². The molecule has 7 nitrogen and oxygen atoms in total. The summed E-state index contributed by atoms with van der Waals surface area (Å²) in [7, 11) is 0. The van der Waals surface area contributed by atoms with E-state index in [0.717, 1.165) is 0 Å². The smallest absolute Gasteiger partial charge is 0.315 e. The van der Waals surface area contributed by atoms with Gasteiger partial charge in [-0.15, -0.1) is 5.10 Å². The number of hydrogen-bond acceptors (Lipinski definition) is 5. The maximum absolute atomic E-state index is 11.4. The van der Waals surface area contributed by atoms with Crippen LogP contribution < -0.4 is 5.73 Å². The van der Waals surface area contributed by atoms with E-state index in [1.165, 1.54) is 16.8 Å². The summed E-state index contributed by atoms with van der Waals surface area (Å²) in [4.78, 5) is 26.5. The van der Waals surface area contributed by atoms with Crippen LogP contribution in [-0.2, 0) is 9.53 Å². The lowest BCUT2D eigenvalue weighted by Crippen LogP contribution is -2.15. The molecular weight excluding hydrogens is 236 g/mol. The van der Waals surface area contributed by atoms with E-state index < -0.39 is 5.91 Å². The van der Waals surface area contributed by atoms with Crippen LogP contribution in [0, 0.1) is 6.33 Å². The van der Waals surface area contributed by atoms with Crippen molar-refractivity contribution in [3.8, 4) is 0 Å². The number of rotatable bonds is 2. The first kappa shape index (κ1) is 10.5. The number of pyridine rings is 1. The van der Waals surface area contributed by atoms with Gasteiger partial charge in [0.25, 0.3) is 0 Å². The van der Waals surface area contributed by atoms with Crippen molar-refractivity contribution in [3.63, 3.8) is 0 Å². The van der Waals surface area contributed by atoms with E-state index in [9.17, 15) is 9.59 Å². The summed E-state index contributed by atoms with van der Waals surface area (Å²) in [6, 6.07) is 1.52. The Morgan fingerprint density at radius 3 is 3.06 bits per heavy atom. The van der Waals surface area contributed by atoms with E-state index in [1.54, 1.807) is 6.20 Å². The van der Waals surface area contributed by atoms with Crippen LogP contribution in [0.4, 0.5) is 0 Å². The van der Waals surface area contributed by atoms with Gasteiger partial charge in [0.1, 0.15) is 0 Å². The van der Waals surface area contributed by atoms with Gasteiger partial charge in [-0.25, -0.2) is 9.50 Å². The van der Waals surface area contributed by atoms with Crippen LogP contribution in [0.5, 0.6) is 0 Å². The Balaban J connectivity index is 2.29. The highest BCUT2D eigenvalue weighted by molar-refractivity contribution is 6.03. The molecular formula is C11H7N4O3. The number of aromatic nitrogens is 3. The van der Waals surface area contributed by atoms with Crippen molar-refractivity contribution in [1.29, 1.82) is 0 Å². The molecule has 2 aromatic heterocycles. The molecule has 3 heterocycles. The Kier molecular flexibility index (Phi) is 2.12. The third-order valence-electron chi connectivity index (χ3n) is 2.65. The van der Waals surface area contributed by atoms with Gasteiger partial charge < -0.3 is 10.5 Å². The molecule has 0 fully saturated rings. The van der Waals surface area contributed by atoms with Gasteiger partial charge in [-0.3, -0.25) is 9.59 Å². The first-order valence-corrected chi connectivity index (χ1v) is 5.11. The summed E-state index contributed by atoms with van der Waals surface area (Å²) in [5.41, 5.74) is 7.02. The number of esters is 1. The molecule has 89 valence electrons. The second-order valence-electron chi connectivity index (χ2n) is 3.76. The first-order valence-electron chi connectivity index (χ1n) is 5.11. The number of nitrogens with two attached hydrogens (primary N) is 1. The lowest BCUT2D eigenvalue weighted by molar-refractivity contribution is -0.135. The number of fused-ring (bicyclic) bond motifs is 1. The largest absolute Gasteiger partial charge is 0.434 e. The lowest BCUT2D eigenvalue weighted by atomic mass is 10.0. The molecule has 2 N–H and O–H groups in total. The number of cyclic esters (lactones) is 1. The van der Waals surface area contributed by atoms with Crippen molar-refractivity contribution < 1.29 is 14.3 Å². The van der Waals surface area contributed by atoms with E-state index >= 15 is 0 Å². The second-order valence-corrected chi connectivity index (χ2v) is 3.76. The Bertz CT molecular complexity index is 701. The number of hydrogen-bond donors (Lipinski definition) is 1. The molecule has 0 aliphatic carbocycles. The molecule has 0 saturated heterocycles. The summed E-state index contributed by atoms with van der Waals surface area (Å²) in [5.74, 6) is -0.985. The van der Waals surface area contributed by atoms with E-state index in [-0.39, 0.29) is 18.0 Å². The molecule has 18 heavy (non-hydrogen) atoms. The summed E-state index contributed by atoms with van der Waals surface area (Å²) in [6.07, 6.45) is 5.37. The first-order chi connectivity index (χ1) is 8.66. The van der Waals surface area contributed by atoms with Gasteiger partial charge in [0.15, 0.2) is 5.65 Å². The van der Waals surface area contributed by atoms with Crippen molar-refractivity contribution in [2.75, 3.05) is 0 Å². The molecule has 2 aromatic rings. The van der Waals surface area contributed by atoms with Crippen LogP contribution >= 0.6 is 0 Å². The molecule has 7 heteroatoms. The van der Waals surface area contributed by atoms with E-state index in [0.29, 0.717) is 16.8 Å². The quantitative estimate of drug-likeness (QED) is 0.743. The number of carbonyl (C=O) groups is 2. The van der Waals surface area contributed by atoms with Crippen LogP contribution in [0.3, 0.4) is 0 Å². The molecule has 0 saturated carbocycles. The van der Waals surface area contributed by atoms with Gasteiger partial charge >= 0.3 is 5.97 Å². The normalized spacial score (nSPS) is 14.7. The van der Waals surface area contributed by atoms with Crippen LogP contribution in [0.2, 0.25) is 0 Å². The maximum atomic E-state index is 11.4. The molecule has 0 aromatic carbocycles. The zero-order chi connectivity index (χ0) is 12.7. The number of primary amides is 1. The molecule has 0 spiro atoms. The molecule has 3 rings (SSSR count). The molecule has 1 amide bonds. The molecule has 1 radical (unpaired) electrons. The maximum Gasteiger partial charge on any atom is 0.315 e. The summed E-state index contributed by atoms with van der Waals surface area (Å²) >= 11 is 0. The number of ether oxygens (including phenoxy) is 1. The van der Waals surface area contributed by atoms with Gasteiger partial charge in [0, 0.05) is 17.3 Å². The Morgan fingerprint density at radius 2 is 2.39 bits per heavy atom. The summed E-state index contributed by atoms with van der Waals surface area (Å²) in [5, 5.41) is 3.85. The average Bonchev–Trinajstić information content (AvgIpc) is 2.95. The zero-order valence-electron chi connectivity index (χ0n) is 9.08. The van der Waals surface area contributed by atoms with Crippen LogP contribution in [0.1, 0.15) is 22.3 Å². The topological polar surface area (TPSA) is 99.6 Å². The minimum Gasteiger partial charge on any atom is -0.434 e. The third kappa shape index (κ3) is 1.45. The number of amides is 1. The molecule has 1 aliphatic heterocycles. The van der Waals surface area contributed by atoms with Crippen molar-refractivity contribution in [2.45, 2.75) is 6.42 Å². The highest BCUT2D eigenvalue weighted by atomic mass is 16.5. The van der Waals surface area contributed by atoms with Gasteiger partial charge in [0.2, 0.25) is 12.2 Å². The molecule has 1 aliphatic rings. The second kappa shape index (κ2) is 3.66. The van der Waals surface area contributed by atoms with E-state index in [2.05, 4.69) is 16.4 Å². The van der Waals surface area contributed by atoms with Gasteiger partial charge in [0.05, 0.1) is 18.2 Å². The van der Waals surface area contributed by atoms with Crippen molar-refractivity contribution in [2.24, 2.45) is 5.73 Å². The number of carbonyl (C=O) groups excluding carboxylic acids is 2. The van der Waals surface area contributed by atoms with Crippen molar-refractivity contribution >= 4 is 23.1 Å². The van der Waals surface area contributed by atoms with Crippen molar-refractivity contribution in [1.82, 2.24) is 14.6 Å². The highest BCUT2D eigenvalue weighted by Crippen LogP contribution is 2.29. The van der Waals surface area contributed by atoms with Crippen LogP contribution in [0.15, 0.2) is 18.5 Å². The SMILES string of the molecule is NC(=O)c1ccn2n[c]nc2c1C1=COC(=O)C1. The minimum absolute atomic E-state index is 0.0762. The van der Waals surface area contributed by atoms with Gasteiger partial charge in [-0.2, -0.15) is 0 Å². The Hall–Kier alpha value is -2.70. The van der Waals surface area contributed by atoms with Gasteiger partial charge in [-0.05, 0) is 6.07 Å². The Morgan fingerprint density at radius 1 is 1.56 bits per heavy atom. The zero-order valence-corrected chi connectivity index (χ0v) is 9.08. The average molecular weight is 243 g/mol. The number of nitrogens with zero attached hydrogens (tertiary/aromatic N) is 3. The predicted molar refractivity (Wildman–Crippen MR) is 59.0 cm³/mol. The molecule has 0 bridgehead atoms. The fraction of sp³-hybridized carbons (Fsp3) is 0.0909. The summed E-state index contributed by atoms with van der Waals surface area (Å²) in [6.45, 7) is 0. The lowest BCUT2D eigenvalue weighted by Gasteiger charge is -2.06. The standard InChI is InChI=1S/C11H7N4O3/c12-10(17)7-1-2-15-11(13-5-14-15)9(7)6-3-8(16)18-4-6/h1-2,4H,3H2,(H2,12,17). The molecule has 0 unspecified atom stereocenters. The monoisotopic (exact) mass is 243 g/mol. The Labute approximate surface area is 101 Å². The summed E-state index contributed by atoms with van der Waals surface area (Å²) < 4.78 is 6.21. The van der Waals surface area contributed by atoms with Gasteiger partial charge in [-0.1, -0.05) is 0 Å². The van der Waals surface area contributed by atoms with Crippen LogP contribution in [-0.4, -0.2) is 26.5 Å². The fourth-order valence-corrected chi connectivity index (χ4v) is 1.88. The fourth-order valence-electron chi connectivity index (χ4n) is 1.88. The van der Waals surface area contributed by atoms with E-state index in [1.807, 2.05) is 0 Å². The molecule has 0 atom stereocenters. The predicted octanol–water partition coefficient (Wildman–Crippen LogP) is -0.0838. The highest BCUT2D eigenvalue weighted by Gasteiger charge is 2.24. The third-order valence-corrected chi connectivity index (χ3v) is 2.65.